The van der Waals surface area contributed by atoms with E-state index < -0.39 is 6.10 Å². The maximum absolute atomic E-state index is 12.1. The smallest absolute Gasteiger partial charge is 0.228 e. The number of nitrogens with zero attached hydrogens (tertiary/aromatic N) is 1. The van der Waals surface area contributed by atoms with E-state index in [9.17, 15) is 9.90 Å². The zero-order valence-corrected chi connectivity index (χ0v) is 16.9. The standard InChI is InChI=1S/C23H25N3O2.ClH/c27-22(20-6-2-1-3-7-20)17-25-14-12-18-8-10-21(11-9-18)26-23(28)15-19-5-4-13-24-16-19;/h1-11,13,16,22,25,27H,12,14-15,17H2,(H,26,28);1H. The van der Waals surface area contributed by atoms with Crippen molar-refractivity contribution < 1.29 is 9.90 Å². The molecule has 3 N–H and O–H groups in total. The number of nitrogens with one attached hydrogen (secondary N) is 2. The van der Waals surface area contributed by atoms with Crippen LogP contribution in [-0.2, 0) is 17.6 Å². The Bertz CT molecular complexity index is 858. The maximum Gasteiger partial charge on any atom is 0.228 e. The van der Waals surface area contributed by atoms with Gasteiger partial charge >= 0.3 is 0 Å². The van der Waals surface area contributed by atoms with Crippen LogP contribution in [-0.4, -0.2) is 29.1 Å². The highest BCUT2D eigenvalue weighted by Crippen LogP contribution is 2.12. The van der Waals surface area contributed by atoms with Crippen LogP contribution < -0.4 is 10.6 Å². The van der Waals surface area contributed by atoms with Gasteiger partial charge in [-0.15, -0.1) is 12.4 Å². The minimum atomic E-state index is -0.501. The Balaban J connectivity index is 0.00000300. The summed E-state index contributed by atoms with van der Waals surface area (Å²) in [4.78, 5) is 16.1. The molecule has 0 aliphatic rings. The molecular formula is C23H26ClN3O2. The van der Waals surface area contributed by atoms with Crippen molar-refractivity contribution in [1.29, 1.82) is 0 Å². The number of aliphatic hydroxyl groups excluding tert-OH is 1. The second kappa shape index (κ2) is 12.0. The van der Waals surface area contributed by atoms with Crippen molar-refractivity contribution in [3.05, 3.63) is 95.8 Å². The van der Waals surface area contributed by atoms with Gasteiger partial charge < -0.3 is 15.7 Å². The summed E-state index contributed by atoms with van der Waals surface area (Å²) in [5.74, 6) is -0.0580. The van der Waals surface area contributed by atoms with E-state index in [1.165, 1.54) is 5.56 Å². The van der Waals surface area contributed by atoms with Crippen molar-refractivity contribution >= 4 is 24.0 Å². The highest BCUT2D eigenvalue weighted by Gasteiger charge is 2.06. The molecule has 0 aliphatic heterocycles. The molecule has 0 saturated carbocycles. The average molecular weight is 412 g/mol. The van der Waals surface area contributed by atoms with Gasteiger partial charge in [0, 0.05) is 24.6 Å². The third-order valence-corrected chi connectivity index (χ3v) is 4.44. The molecule has 0 aliphatic carbocycles. The number of benzene rings is 2. The summed E-state index contributed by atoms with van der Waals surface area (Å²) in [5.41, 5.74) is 3.76. The number of hydrogen-bond acceptors (Lipinski definition) is 4. The average Bonchev–Trinajstić information content (AvgIpc) is 2.73. The zero-order valence-electron chi connectivity index (χ0n) is 16.1. The molecule has 3 aromatic rings. The molecule has 2 aromatic carbocycles. The molecule has 29 heavy (non-hydrogen) atoms. The monoisotopic (exact) mass is 411 g/mol. The number of amides is 1. The third kappa shape index (κ3) is 7.66. The van der Waals surface area contributed by atoms with Gasteiger partial charge in [0.15, 0.2) is 0 Å². The van der Waals surface area contributed by atoms with E-state index in [4.69, 9.17) is 0 Å². The van der Waals surface area contributed by atoms with Gasteiger partial charge in [-0.1, -0.05) is 48.5 Å². The van der Waals surface area contributed by atoms with Gasteiger partial charge in [0.1, 0.15) is 0 Å². The lowest BCUT2D eigenvalue weighted by Gasteiger charge is -2.12. The number of pyridine rings is 1. The van der Waals surface area contributed by atoms with E-state index in [2.05, 4.69) is 15.6 Å². The quantitative estimate of drug-likeness (QED) is 0.471. The number of aliphatic hydroxyl groups is 1. The summed E-state index contributed by atoms with van der Waals surface area (Å²) >= 11 is 0. The minimum absolute atomic E-state index is 0. The molecule has 6 heteroatoms. The molecule has 1 atom stereocenters. The topological polar surface area (TPSA) is 74.2 Å². The van der Waals surface area contributed by atoms with E-state index in [0.29, 0.717) is 13.0 Å². The van der Waals surface area contributed by atoms with Crippen molar-refractivity contribution in [2.75, 3.05) is 18.4 Å². The van der Waals surface area contributed by atoms with Crippen LogP contribution >= 0.6 is 12.4 Å². The van der Waals surface area contributed by atoms with Gasteiger partial charge in [0.2, 0.25) is 5.91 Å². The van der Waals surface area contributed by atoms with Gasteiger partial charge in [0.05, 0.1) is 12.5 Å². The molecular weight excluding hydrogens is 386 g/mol. The lowest BCUT2D eigenvalue weighted by Crippen LogP contribution is -2.23. The van der Waals surface area contributed by atoms with Crippen molar-refractivity contribution in [3.63, 3.8) is 0 Å². The molecule has 1 heterocycles. The molecule has 0 saturated heterocycles. The molecule has 152 valence electrons. The van der Waals surface area contributed by atoms with Gasteiger partial charge in [-0.3, -0.25) is 9.78 Å². The second-order valence-corrected chi connectivity index (χ2v) is 6.66. The fourth-order valence-electron chi connectivity index (χ4n) is 2.91. The van der Waals surface area contributed by atoms with Crippen LogP contribution in [0.3, 0.4) is 0 Å². The maximum atomic E-state index is 12.1. The number of anilines is 1. The van der Waals surface area contributed by atoms with E-state index in [1.807, 2.05) is 66.7 Å². The summed E-state index contributed by atoms with van der Waals surface area (Å²) in [5, 5.41) is 16.3. The van der Waals surface area contributed by atoms with E-state index in [-0.39, 0.29) is 18.3 Å². The molecule has 1 aromatic heterocycles. The summed E-state index contributed by atoms with van der Waals surface area (Å²) in [6, 6.07) is 21.2. The van der Waals surface area contributed by atoms with Gasteiger partial charge in [0.25, 0.3) is 0 Å². The van der Waals surface area contributed by atoms with Crippen LogP contribution in [0.5, 0.6) is 0 Å². The highest BCUT2D eigenvalue weighted by molar-refractivity contribution is 5.92. The number of carbonyl (C=O) groups excluding carboxylic acids is 1. The first-order valence-corrected chi connectivity index (χ1v) is 9.42. The molecule has 3 rings (SSSR count). The lowest BCUT2D eigenvalue weighted by atomic mass is 10.1. The Kier molecular flexibility index (Phi) is 9.31. The van der Waals surface area contributed by atoms with Crippen LogP contribution in [0.1, 0.15) is 22.8 Å². The summed E-state index contributed by atoms with van der Waals surface area (Å²) < 4.78 is 0. The fourth-order valence-corrected chi connectivity index (χ4v) is 2.91. The SMILES string of the molecule is Cl.O=C(Cc1cccnc1)Nc1ccc(CCNCC(O)c2ccccc2)cc1. The molecule has 0 fully saturated rings. The van der Waals surface area contributed by atoms with E-state index in [1.54, 1.807) is 12.4 Å². The van der Waals surface area contributed by atoms with Crippen LogP contribution in [0.15, 0.2) is 79.1 Å². The lowest BCUT2D eigenvalue weighted by molar-refractivity contribution is -0.115. The first-order valence-electron chi connectivity index (χ1n) is 9.42. The predicted octanol–water partition coefficient (Wildman–Crippen LogP) is 3.55. The number of halogens is 1. The summed E-state index contributed by atoms with van der Waals surface area (Å²) in [7, 11) is 0. The van der Waals surface area contributed by atoms with Crippen LogP contribution in [0.4, 0.5) is 5.69 Å². The van der Waals surface area contributed by atoms with Crippen LogP contribution in [0.25, 0.3) is 0 Å². The molecule has 0 spiro atoms. The Morgan fingerprint density at radius 3 is 2.41 bits per heavy atom. The number of hydrogen-bond donors (Lipinski definition) is 3. The van der Waals surface area contributed by atoms with E-state index in [0.717, 1.165) is 29.8 Å². The summed E-state index contributed by atoms with van der Waals surface area (Å²) in [6.45, 7) is 1.29. The van der Waals surface area contributed by atoms with Gasteiger partial charge in [-0.25, -0.2) is 0 Å². The van der Waals surface area contributed by atoms with E-state index >= 15 is 0 Å². The fraction of sp³-hybridized carbons (Fsp3) is 0.217. The van der Waals surface area contributed by atoms with Gasteiger partial charge in [-0.2, -0.15) is 0 Å². The van der Waals surface area contributed by atoms with Crippen molar-refractivity contribution in [2.45, 2.75) is 18.9 Å². The highest BCUT2D eigenvalue weighted by atomic mass is 35.5. The van der Waals surface area contributed by atoms with Crippen molar-refractivity contribution in [3.8, 4) is 0 Å². The van der Waals surface area contributed by atoms with Crippen LogP contribution in [0, 0.1) is 0 Å². The van der Waals surface area contributed by atoms with Crippen molar-refractivity contribution in [2.24, 2.45) is 0 Å². The molecule has 1 amide bonds. The Hall–Kier alpha value is -2.73. The normalized spacial score (nSPS) is 11.3. The summed E-state index contributed by atoms with van der Waals surface area (Å²) in [6.07, 6.45) is 4.05. The number of carbonyl (C=O) groups is 1. The Morgan fingerprint density at radius 2 is 1.72 bits per heavy atom. The van der Waals surface area contributed by atoms with Crippen LogP contribution in [0.2, 0.25) is 0 Å². The molecule has 5 nitrogen and oxygen atoms in total. The number of aromatic nitrogens is 1. The first kappa shape index (κ1) is 22.6. The zero-order chi connectivity index (χ0) is 19.6. The molecule has 1 unspecified atom stereocenters. The number of rotatable bonds is 9. The first-order chi connectivity index (χ1) is 13.7. The third-order valence-electron chi connectivity index (χ3n) is 4.44. The van der Waals surface area contributed by atoms with Crippen molar-refractivity contribution in [1.82, 2.24) is 10.3 Å². The second-order valence-electron chi connectivity index (χ2n) is 6.66. The van der Waals surface area contributed by atoms with Gasteiger partial charge in [-0.05, 0) is 47.9 Å². The molecule has 0 radical (unpaired) electrons. The Labute approximate surface area is 177 Å². The minimum Gasteiger partial charge on any atom is -0.387 e. The Morgan fingerprint density at radius 1 is 0.966 bits per heavy atom. The largest absolute Gasteiger partial charge is 0.387 e. The molecule has 0 bridgehead atoms. The predicted molar refractivity (Wildman–Crippen MR) is 118 cm³/mol.